The lowest BCUT2D eigenvalue weighted by Gasteiger charge is -2.35. The normalized spacial score (nSPS) is 22.6. The van der Waals surface area contributed by atoms with Crippen molar-refractivity contribution in [2.45, 2.75) is 38.6 Å². The van der Waals surface area contributed by atoms with Crippen LogP contribution in [0.1, 0.15) is 38.3 Å². The number of rotatable bonds is 2. The van der Waals surface area contributed by atoms with Gasteiger partial charge in [0.15, 0.2) is 0 Å². The molecular formula is C13H19BrN2. The zero-order chi connectivity index (χ0) is 11.5. The molecule has 3 heteroatoms. The number of pyridine rings is 1. The number of halogens is 1. The maximum atomic E-state index is 4.58. The van der Waals surface area contributed by atoms with Crippen LogP contribution in [-0.4, -0.2) is 29.0 Å². The van der Waals surface area contributed by atoms with Crippen LogP contribution in [0.15, 0.2) is 22.8 Å². The van der Waals surface area contributed by atoms with Crippen LogP contribution in [0.4, 0.5) is 0 Å². The predicted molar refractivity (Wildman–Crippen MR) is 70.6 cm³/mol. The molecule has 1 saturated heterocycles. The van der Waals surface area contributed by atoms with Crippen molar-refractivity contribution in [3.8, 4) is 0 Å². The summed E-state index contributed by atoms with van der Waals surface area (Å²) in [4.78, 5) is 7.13. The quantitative estimate of drug-likeness (QED) is 0.773. The maximum absolute atomic E-state index is 4.58. The molecule has 1 aromatic rings. The number of aromatic nitrogens is 1. The Morgan fingerprint density at radius 3 is 2.94 bits per heavy atom. The second-order valence-corrected chi connectivity index (χ2v) is 5.63. The lowest BCUT2D eigenvalue weighted by molar-refractivity contribution is 0.166. The minimum atomic E-state index is 0.605. The van der Waals surface area contributed by atoms with E-state index in [4.69, 9.17) is 0 Å². The van der Waals surface area contributed by atoms with E-state index in [0.29, 0.717) is 12.0 Å². The molecule has 2 heterocycles. The van der Waals surface area contributed by atoms with Crippen molar-refractivity contribution < 1.29 is 0 Å². The average molecular weight is 283 g/mol. The van der Waals surface area contributed by atoms with Crippen molar-refractivity contribution in [2.24, 2.45) is 0 Å². The highest BCUT2D eigenvalue weighted by Gasteiger charge is 2.23. The van der Waals surface area contributed by atoms with Crippen LogP contribution in [0.3, 0.4) is 0 Å². The Balaban J connectivity index is 2.09. The second kappa shape index (κ2) is 5.28. The molecule has 16 heavy (non-hydrogen) atoms. The van der Waals surface area contributed by atoms with E-state index in [1.54, 1.807) is 0 Å². The average Bonchev–Trinajstić information content (AvgIpc) is 2.29. The van der Waals surface area contributed by atoms with Gasteiger partial charge in [0.25, 0.3) is 0 Å². The Labute approximate surface area is 106 Å². The molecule has 0 aliphatic carbocycles. The SMILES string of the molecule is CC(C)N1CCCC(c2cccc(Br)n2)C1. The highest BCUT2D eigenvalue weighted by Crippen LogP contribution is 2.27. The number of hydrogen-bond donors (Lipinski definition) is 0. The molecule has 0 spiro atoms. The zero-order valence-electron chi connectivity index (χ0n) is 9.99. The van der Waals surface area contributed by atoms with Crippen LogP contribution in [0.25, 0.3) is 0 Å². The van der Waals surface area contributed by atoms with Crippen molar-refractivity contribution in [2.75, 3.05) is 13.1 Å². The third-order valence-electron chi connectivity index (χ3n) is 3.34. The molecule has 1 fully saturated rings. The summed E-state index contributed by atoms with van der Waals surface area (Å²) in [6, 6.07) is 6.88. The lowest BCUT2D eigenvalue weighted by Crippen LogP contribution is -2.39. The third-order valence-corrected chi connectivity index (χ3v) is 3.78. The van der Waals surface area contributed by atoms with Gasteiger partial charge in [0.05, 0.1) is 0 Å². The standard InChI is InChI=1S/C13H19BrN2/c1-10(2)16-8-4-5-11(9-16)12-6-3-7-13(14)15-12/h3,6-7,10-11H,4-5,8-9H2,1-2H3. The fourth-order valence-corrected chi connectivity index (χ4v) is 2.73. The molecule has 2 rings (SSSR count). The van der Waals surface area contributed by atoms with Crippen LogP contribution in [0.2, 0.25) is 0 Å². The summed E-state index contributed by atoms with van der Waals surface area (Å²) in [5, 5.41) is 0. The van der Waals surface area contributed by atoms with Gasteiger partial charge < -0.3 is 4.90 Å². The largest absolute Gasteiger partial charge is 0.300 e. The summed E-state index contributed by atoms with van der Waals surface area (Å²) in [7, 11) is 0. The van der Waals surface area contributed by atoms with Gasteiger partial charge in [-0.15, -0.1) is 0 Å². The van der Waals surface area contributed by atoms with Crippen molar-refractivity contribution in [1.82, 2.24) is 9.88 Å². The molecule has 0 aromatic carbocycles. The van der Waals surface area contributed by atoms with Crippen molar-refractivity contribution >= 4 is 15.9 Å². The summed E-state index contributed by atoms with van der Waals surface area (Å²) >= 11 is 3.45. The summed E-state index contributed by atoms with van der Waals surface area (Å²) < 4.78 is 0.951. The molecule has 0 saturated carbocycles. The Bertz CT molecular complexity index is 352. The van der Waals surface area contributed by atoms with Crippen LogP contribution in [0, 0.1) is 0 Å². The van der Waals surface area contributed by atoms with E-state index in [-0.39, 0.29) is 0 Å². The molecule has 1 atom stereocenters. The first-order valence-electron chi connectivity index (χ1n) is 6.03. The van der Waals surface area contributed by atoms with Crippen LogP contribution >= 0.6 is 15.9 Å². The Morgan fingerprint density at radius 1 is 1.44 bits per heavy atom. The number of hydrogen-bond acceptors (Lipinski definition) is 2. The first-order valence-corrected chi connectivity index (χ1v) is 6.82. The van der Waals surface area contributed by atoms with E-state index in [9.17, 15) is 0 Å². The van der Waals surface area contributed by atoms with E-state index in [1.165, 1.54) is 25.1 Å². The molecule has 0 radical (unpaired) electrons. The van der Waals surface area contributed by atoms with Crippen molar-refractivity contribution in [1.29, 1.82) is 0 Å². The Morgan fingerprint density at radius 2 is 2.25 bits per heavy atom. The molecule has 88 valence electrons. The molecule has 0 N–H and O–H groups in total. The van der Waals surface area contributed by atoms with Crippen molar-refractivity contribution in [3.05, 3.63) is 28.5 Å². The van der Waals surface area contributed by atoms with Gasteiger partial charge in [-0.1, -0.05) is 6.07 Å². The monoisotopic (exact) mass is 282 g/mol. The zero-order valence-corrected chi connectivity index (χ0v) is 11.6. The summed E-state index contributed by atoms with van der Waals surface area (Å²) in [5.41, 5.74) is 1.24. The van der Waals surface area contributed by atoms with Crippen LogP contribution in [-0.2, 0) is 0 Å². The molecular weight excluding hydrogens is 264 g/mol. The Kier molecular flexibility index (Phi) is 3.98. The predicted octanol–water partition coefficient (Wildman–Crippen LogP) is 3.43. The first-order chi connectivity index (χ1) is 7.66. The van der Waals surface area contributed by atoms with Crippen LogP contribution in [0.5, 0.6) is 0 Å². The third kappa shape index (κ3) is 2.83. The van der Waals surface area contributed by atoms with Gasteiger partial charge >= 0.3 is 0 Å². The van der Waals surface area contributed by atoms with Gasteiger partial charge in [-0.2, -0.15) is 0 Å². The van der Waals surface area contributed by atoms with E-state index >= 15 is 0 Å². The van der Waals surface area contributed by atoms with Gasteiger partial charge in [0.1, 0.15) is 4.60 Å². The fourth-order valence-electron chi connectivity index (χ4n) is 2.37. The van der Waals surface area contributed by atoms with Gasteiger partial charge in [-0.25, -0.2) is 4.98 Å². The molecule has 1 aromatic heterocycles. The van der Waals surface area contributed by atoms with E-state index < -0.39 is 0 Å². The number of piperidine rings is 1. The lowest BCUT2D eigenvalue weighted by atomic mass is 9.93. The topological polar surface area (TPSA) is 16.1 Å². The molecule has 1 unspecified atom stereocenters. The molecule has 0 amide bonds. The highest BCUT2D eigenvalue weighted by atomic mass is 79.9. The smallest absolute Gasteiger partial charge is 0.106 e. The molecule has 2 nitrogen and oxygen atoms in total. The summed E-state index contributed by atoms with van der Waals surface area (Å²) in [5.74, 6) is 0.605. The fraction of sp³-hybridized carbons (Fsp3) is 0.615. The molecule has 0 bridgehead atoms. The first kappa shape index (κ1) is 12.1. The second-order valence-electron chi connectivity index (χ2n) is 4.81. The minimum absolute atomic E-state index is 0.605. The van der Waals surface area contributed by atoms with Gasteiger partial charge in [-0.05, 0) is 61.3 Å². The van der Waals surface area contributed by atoms with Crippen molar-refractivity contribution in [3.63, 3.8) is 0 Å². The molecule has 1 aliphatic rings. The van der Waals surface area contributed by atoms with Gasteiger partial charge in [0, 0.05) is 24.2 Å². The van der Waals surface area contributed by atoms with E-state index in [2.05, 4.69) is 51.8 Å². The Hall–Kier alpha value is -0.410. The summed E-state index contributed by atoms with van der Waals surface area (Å²) in [6.45, 7) is 6.94. The van der Waals surface area contributed by atoms with Gasteiger partial charge in [-0.3, -0.25) is 0 Å². The number of likely N-dealkylation sites (tertiary alicyclic amines) is 1. The number of nitrogens with zero attached hydrogens (tertiary/aromatic N) is 2. The van der Waals surface area contributed by atoms with E-state index in [0.717, 1.165) is 11.1 Å². The minimum Gasteiger partial charge on any atom is -0.300 e. The highest BCUT2D eigenvalue weighted by molar-refractivity contribution is 9.10. The van der Waals surface area contributed by atoms with Crippen LogP contribution < -0.4 is 0 Å². The summed E-state index contributed by atoms with van der Waals surface area (Å²) in [6.07, 6.45) is 2.56. The molecule has 1 aliphatic heterocycles. The van der Waals surface area contributed by atoms with E-state index in [1.807, 2.05) is 6.07 Å². The van der Waals surface area contributed by atoms with Gasteiger partial charge in [0.2, 0.25) is 0 Å². The maximum Gasteiger partial charge on any atom is 0.106 e.